The highest BCUT2D eigenvalue weighted by Gasteiger charge is 2.23. The number of hydrogen-bond donors (Lipinski definition) is 2. The average Bonchev–Trinajstić information content (AvgIpc) is 3.00. The fourth-order valence-electron chi connectivity index (χ4n) is 1.62. The Hall–Kier alpha value is -0.780. The quantitative estimate of drug-likeness (QED) is 0.807. The maximum Gasteiger partial charge on any atom is 0.242 e. The van der Waals surface area contributed by atoms with Gasteiger partial charge in [-0.25, -0.2) is 13.1 Å². The summed E-state index contributed by atoms with van der Waals surface area (Å²) in [4.78, 5) is 0.0872. The van der Waals surface area contributed by atoms with Gasteiger partial charge in [0, 0.05) is 12.2 Å². The van der Waals surface area contributed by atoms with Crippen molar-refractivity contribution in [3.63, 3.8) is 0 Å². The number of anilines is 1. The molecule has 0 aliphatic heterocycles. The summed E-state index contributed by atoms with van der Waals surface area (Å²) in [5, 5.41) is 0.156. The van der Waals surface area contributed by atoms with Gasteiger partial charge in [0.25, 0.3) is 0 Å². The van der Waals surface area contributed by atoms with E-state index in [-0.39, 0.29) is 9.92 Å². The van der Waals surface area contributed by atoms with Gasteiger partial charge in [0.1, 0.15) is 4.90 Å². The Morgan fingerprint density at radius 3 is 2.71 bits per heavy atom. The van der Waals surface area contributed by atoms with Gasteiger partial charge in [0.2, 0.25) is 10.0 Å². The van der Waals surface area contributed by atoms with Crippen LogP contribution in [0.25, 0.3) is 0 Å². The lowest BCUT2D eigenvalue weighted by molar-refractivity contribution is 0.575. The standard InChI is InChI=1S/C11H15ClN2O2S/c12-10-7-9(13)3-4-11(10)17(15,16)14-6-5-8-1-2-8/h3-4,7-8,14H,1-2,5-6,13H2. The first-order valence-corrected chi connectivity index (χ1v) is 7.40. The minimum absolute atomic E-state index is 0.0872. The first kappa shape index (κ1) is 12.7. The summed E-state index contributed by atoms with van der Waals surface area (Å²) < 4.78 is 26.4. The van der Waals surface area contributed by atoms with Gasteiger partial charge in [-0.15, -0.1) is 0 Å². The number of hydrogen-bond acceptors (Lipinski definition) is 3. The fraction of sp³-hybridized carbons (Fsp3) is 0.455. The van der Waals surface area contributed by atoms with Gasteiger partial charge in [0.15, 0.2) is 0 Å². The lowest BCUT2D eigenvalue weighted by Crippen LogP contribution is -2.25. The summed E-state index contributed by atoms with van der Waals surface area (Å²) in [7, 11) is -3.51. The summed E-state index contributed by atoms with van der Waals surface area (Å²) in [6, 6.07) is 4.40. The number of benzene rings is 1. The highest BCUT2D eigenvalue weighted by atomic mass is 35.5. The Bertz CT molecular complexity index is 512. The third-order valence-corrected chi connectivity index (χ3v) is 4.73. The van der Waals surface area contributed by atoms with Crippen molar-refractivity contribution in [1.29, 1.82) is 0 Å². The molecule has 1 aliphatic carbocycles. The number of sulfonamides is 1. The summed E-state index contributed by atoms with van der Waals surface area (Å²) in [6.45, 7) is 0.466. The molecule has 0 aromatic heterocycles. The second kappa shape index (κ2) is 4.84. The van der Waals surface area contributed by atoms with Gasteiger partial charge in [-0.3, -0.25) is 0 Å². The third kappa shape index (κ3) is 3.34. The molecule has 0 amide bonds. The van der Waals surface area contributed by atoms with Crippen molar-refractivity contribution in [2.24, 2.45) is 5.92 Å². The van der Waals surface area contributed by atoms with Gasteiger partial charge in [0.05, 0.1) is 5.02 Å². The third-order valence-electron chi connectivity index (χ3n) is 2.79. The fourth-order valence-corrected chi connectivity index (χ4v) is 3.22. The van der Waals surface area contributed by atoms with Crippen molar-refractivity contribution in [2.45, 2.75) is 24.2 Å². The van der Waals surface area contributed by atoms with E-state index >= 15 is 0 Å². The van der Waals surface area contributed by atoms with Gasteiger partial charge < -0.3 is 5.73 Å². The van der Waals surface area contributed by atoms with Crippen LogP contribution in [0.15, 0.2) is 23.1 Å². The van der Waals surface area contributed by atoms with Crippen LogP contribution in [0.2, 0.25) is 5.02 Å². The van der Waals surface area contributed by atoms with E-state index < -0.39 is 10.0 Å². The molecular weight excluding hydrogens is 260 g/mol. The predicted octanol–water partition coefficient (Wildman–Crippen LogP) is 2.00. The highest BCUT2D eigenvalue weighted by Crippen LogP contribution is 2.32. The Labute approximate surface area is 106 Å². The van der Waals surface area contributed by atoms with E-state index in [9.17, 15) is 8.42 Å². The van der Waals surface area contributed by atoms with Gasteiger partial charge in [-0.1, -0.05) is 24.4 Å². The molecule has 1 aliphatic rings. The van der Waals surface area contributed by atoms with E-state index in [2.05, 4.69) is 4.72 Å². The summed E-state index contributed by atoms with van der Waals surface area (Å²) >= 11 is 5.87. The number of nitrogen functional groups attached to an aromatic ring is 1. The molecule has 1 aromatic carbocycles. The molecule has 3 N–H and O–H groups in total. The molecule has 0 unspecified atom stereocenters. The lowest BCUT2D eigenvalue weighted by Gasteiger charge is -2.08. The molecule has 4 nitrogen and oxygen atoms in total. The van der Waals surface area contributed by atoms with Crippen LogP contribution in [-0.4, -0.2) is 15.0 Å². The SMILES string of the molecule is Nc1ccc(S(=O)(=O)NCCC2CC2)c(Cl)c1. The second-order valence-corrected chi connectivity index (χ2v) is 6.46. The van der Waals surface area contributed by atoms with Crippen molar-refractivity contribution in [2.75, 3.05) is 12.3 Å². The lowest BCUT2D eigenvalue weighted by atomic mass is 10.3. The normalized spacial score (nSPS) is 16.1. The number of halogens is 1. The molecule has 0 radical (unpaired) electrons. The molecule has 0 atom stereocenters. The van der Waals surface area contributed by atoms with E-state index in [0.717, 1.165) is 6.42 Å². The van der Waals surface area contributed by atoms with E-state index in [1.54, 1.807) is 0 Å². The van der Waals surface area contributed by atoms with Crippen LogP contribution >= 0.6 is 11.6 Å². The molecule has 0 saturated heterocycles. The minimum Gasteiger partial charge on any atom is -0.399 e. The van der Waals surface area contributed by atoms with E-state index in [0.29, 0.717) is 18.2 Å². The molecule has 17 heavy (non-hydrogen) atoms. The van der Waals surface area contributed by atoms with E-state index in [1.807, 2.05) is 0 Å². The molecule has 6 heteroatoms. The molecule has 1 aromatic rings. The molecule has 0 bridgehead atoms. The zero-order valence-electron chi connectivity index (χ0n) is 9.32. The van der Waals surface area contributed by atoms with Crippen molar-refractivity contribution >= 4 is 27.3 Å². The zero-order chi connectivity index (χ0) is 12.5. The largest absolute Gasteiger partial charge is 0.399 e. The van der Waals surface area contributed by atoms with Crippen molar-refractivity contribution in [1.82, 2.24) is 4.72 Å². The van der Waals surface area contributed by atoms with Crippen molar-refractivity contribution < 1.29 is 8.42 Å². The van der Waals surface area contributed by atoms with Crippen LogP contribution in [0.4, 0.5) is 5.69 Å². The topological polar surface area (TPSA) is 72.2 Å². The highest BCUT2D eigenvalue weighted by molar-refractivity contribution is 7.89. The van der Waals surface area contributed by atoms with Crippen LogP contribution in [0.5, 0.6) is 0 Å². The van der Waals surface area contributed by atoms with Crippen LogP contribution < -0.4 is 10.5 Å². The van der Waals surface area contributed by atoms with Crippen molar-refractivity contribution in [3.8, 4) is 0 Å². The van der Waals surface area contributed by atoms with E-state index in [4.69, 9.17) is 17.3 Å². The Kier molecular flexibility index (Phi) is 3.61. The molecule has 94 valence electrons. The molecule has 1 fully saturated rings. The predicted molar refractivity (Wildman–Crippen MR) is 68.4 cm³/mol. The molecular formula is C11H15ClN2O2S. The summed E-state index contributed by atoms with van der Waals surface area (Å²) in [5.74, 6) is 0.694. The second-order valence-electron chi connectivity index (χ2n) is 4.32. The maximum atomic E-state index is 11.9. The zero-order valence-corrected chi connectivity index (χ0v) is 10.9. The number of nitrogens with two attached hydrogens (primary N) is 1. The molecule has 0 heterocycles. The van der Waals surface area contributed by atoms with Crippen LogP contribution in [0.3, 0.4) is 0 Å². The minimum atomic E-state index is -3.51. The molecule has 1 saturated carbocycles. The summed E-state index contributed by atoms with van der Waals surface area (Å²) in [5.41, 5.74) is 5.97. The Balaban J connectivity index is 2.07. The monoisotopic (exact) mass is 274 g/mol. The van der Waals surface area contributed by atoms with Gasteiger partial charge in [-0.2, -0.15) is 0 Å². The molecule has 2 rings (SSSR count). The number of nitrogens with one attached hydrogen (secondary N) is 1. The van der Waals surface area contributed by atoms with Gasteiger partial charge >= 0.3 is 0 Å². The number of rotatable bonds is 5. The summed E-state index contributed by atoms with van der Waals surface area (Å²) in [6.07, 6.45) is 3.32. The Morgan fingerprint density at radius 2 is 2.12 bits per heavy atom. The van der Waals surface area contributed by atoms with Crippen molar-refractivity contribution in [3.05, 3.63) is 23.2 Å². The van der Waals surface area contributed by atoms with E-state index in [1.165, 1.54) is 31.0 Å². The maximum absolute atomic E-state index is 11.9. The average molecular weight is 275 g/mol. The van der Waals surface area contributed by atoms with Gasteiger partial charge in [-0.05, 0) is 30.5 Å². The molecule has 0 spiro atoms. The first-order chi connectivity index (χ1) is 7.99. The smallest absolute Gasteiger partial charge is 0.242 e. The van der Waals surface area contributed by atoms with Crippen LogP contribution in [-0.2, 0) is 10.0 Å². The first-order valence-electron chi connectivity index (χ1n) is 5.54. The van der Waals surface area contributed by atoms with Crippen LogP contribution in [0.1, 0.15) is 19.3 Å². The Morgan fingerprint density at radius 1 is 1.41 bits per heavy atom. The van der Waals surface area contributed by atoms with Crippen LogP contribution in [0, 0.1) is 5.92 Å².